The van der Waals surface area contributed by atoms with Gasteiger partial charge in [-0.1, -0.05) is 59.3 Å². The molecule has 26 heavy (non-hydrogen) atoms. The van der Waals surface area contributed by atoms with E-state index in [1.54, 1.807) is 36.7 Å². The van der Waals surface area contributed by atoms with Crippen molar-refractivity contribution in [2.24, 2.45) is 0 Å². The summed E-state index contributed by atoms with van der Waals surface area (Å²) >= 11 is 3.44. The fourth-order valence-corrected chi connectivity index (χ4v) is 4.82. The molecule has 1 aromatic heterocycles. The second-order valence-electron chi connectivity index (χ2n) is 5.76. The van der Waals surface area contributed by atoms with Crippen molar-refractivity contribution in [1.29, 1.82) is 0 Å². The van der Waals surface area contributed by atoms with E-state index in [4.69, 9.17) is 0 Å². The van der Waals surface area contributed by atoms with Crippen LogP contribution in [0.5, 0.6) is 0 Å². The zero-order chi connectivity index (χ0) is 18.6. The van der Waals surface area contributed by atoms with Crippen molar-refractivity contribution in [3.05, 3.63) is 94.7 Å². The lowest BCUT2D eigenvalue weighted by Gasteiger charge is -2.30. The van der Waals surface area contributed by atoms with Gasteiger partial charge in [0, 0.05) is 23.4 Å². The highest BCUT2D eigenvalue weighted by atomic mass is 79.9. The molecule has 0 aliphatic rings. The van der Waals surface area contributed by atoms with Gasteiger partial charge in [-0.25, -0.2) is 8.42 Å². The second kappa shape index (κ2) is 8.12. The molecule has 0 spiro atoms. The number of nitrogens with zero attached hydrogens (tertiary/aromatic N) is 2. The van der Waals surface area contributed by atoms with E-state index in [2.05, 4.69) is 20.9 Å². The Kier molecular flexibility index (Phi) is 5.86. The molecule has 6 heteroatoms. The first-order chi connectivity index (χ1) is 12.5. The number of aromatic nitrogens is 1. The molecule has 1 heterocycles. The first-order valence-electron chi connectivity index (χ1n) is 8.26. The van der Waals surface area contributed by atoms with E-state index in [0.29, 0.717) is 6.54 Å². The monoisotopic (exact) mass is 430 g/mol. The zero-order valence-electron chi connectivity index (χ0n) is 14.3. The van der Waals surface area contributed by atoms with Crippen molar-refractivity contribution in [2.45, 2.75) is 17.9 Å². The van der Waals surface area contributed by atoms with Crippen LogP contribution in [0.1, 0.15) is 24.1 Å². The number of benzene rings is 2. The number of sulfonamides is 1. The summed E-state index contributed by atoms with van der Waals surface area (Å²) in [6, 6.07) is 19.5. The van der Waals surface area contributed by atoms with E-state index in [0.717, 1.165) is 15.6 Å². The van der Waals surface area contributed by atoms with Crippen molar-refractivity contribution in [1.82, 2.24) is 9.29 Å². The molecular formula is C20H19BrN2O2S. The third-order valence-corrected chi connectivity index (χ3v) is 6.62. The first-order valence-corrected chi connectivity index (χ1v) is 10.5. The normalized spacial score (nSPS) is 12.9. The average Bonchev–Trinajstić information content (AvgIpc) is 2.68. The van der Waals surface area contributed by atoms with E-state index in [1.807, 2.05) is 49.4 Å². The summed E-state index contributed by atoms with van der Waals surface area (Å²) in [4.78, 5) is 4.47. The molecular weight excluding hydrogens is 412 g/mol. The van der Waals surface area contributed by atoms with Crippen LogP contribution in [-0.4, -0.2) is 24.3 Å². The molecule has 0 bridgehead atoms. The van der Waals surface area contributed by atoms with E-state index < -0.39 is 16.1 Å². The van der Waals surface area contributed by atoms with Crippen molar-refractivity contribution in [3.63, 3.8) is 0 Å². The molecule has 0 saturated carbocycles. The Bertz CT molecular complexity index is 946. The van der Waals surface area contributed by atoms with Gasteiger partial charge in [0.2, 0.25) is 10.0 Å². The van der Waals surface area contributed by atoms with Crippen LogP contribution in [0.4, 0.5) is 0 Å². The van der Waals surface area contributed by atoms with Crippen LogP contribution in [0.15, 0.2) is 88.5 Å². The number of pyridine rings is 1. The molecule has 4 nitrogen and oxygen atoms in total. The van der Waals surface area contributed by atoms with Gasteiger partial charge in [0.25, 0.3) is 0 Å². The predicted octanol–water partition coefficient (Wildman–Crippen LogP) is 4.64. The Balaban J connectivity index is 2.15. The SMILES string of the molecule is CCN([C@@H](c1ccc(Br)cc1)c1cccnc1)S(=O)(=O)c1ccccc1. The van der Waals surface area contributed by atoms with Gasteiger partial charge in [-0.15, -0.1) is 0 Å². The molecule has 3 aromatic rings. The molecule has 2 aromatic carbocycles. The van der Waals surface area contributed by atoms with Crippen molar-refractivity contribution in [2.75, 3.05) is 6.54 Å². The maximum atomic E-state index is 13.3. The second-order valence-corrected chi connectivity index (χ2v) is 8.57. The smallest absolute Gasteiger partial charge is 0.243 e. The summed E-state index contributed by atoms with van der Waals surface area (Å²) in [5, 5.41) is 0. The molecule has 0 radical (unpaired) electrons. The quantitative estimate of drug-likeness (QED) is 0.571. The summed E-state index contributed by atoms with van der Waals surface area (Å²) in [5.41, 5.74) is 1.72. The molecule has 134 valence electrons. The van der Waals surface area contributed by atoms with Crippen LogP contribution >= 0.6 is 15.9 Å². The molecule has 1 atom stereocenters. The van der Waals surface area contributed by atoms with Gasteiger partial charge in [0.1, 0.15) is 0 Å². The lowest BCUT2D eigenvalue weighted by molar-refractivity contribution is 0.375. The van der Waals surface area contributed by atoms with Crippen LogP contribution in [0.3, 0.4) is 0 Å². The van der Waals surface area contributed by atoms with Crippen LogP contribution in [0.2, 0.25) is 0 Å². The molecule has 0 aliphatic heterocycles. The third-order valence-electron chi connectivity index (χ3n) is 4.14. The fourth-order valence-electron chi connectivity index (χ4n) is 2.93. The van der Waals surface area contributed by atoms with Crippen molar-refractivity contribution in [3.8, 4) is 0 Å². The van der Waals surface area contributed by atoms with Crippen LogP contribution < -0.4 is 0 Å². The fraction of sp³-hybridized carbons (Fsp3) is 0.150. The maximum absolute atomic E-state index is 13.3. The number of hydrogen-bond acceptors (Lipinski definition) is 3. The van der Waals surface area contributed by atoms with Gasteiger partial charge < -0.3 is 0 Å². The predicted molar refractivity (Wildman–Crippen MR) is 106 cm³/mol. The molecule has 0 N–H and O–H groups in total. The lowest BCUT2D eigenvalue weighted by atomic mass is 10.0. The summed E-state index contributed by atoms with van der Waals surface area (Å²) in [6.45, 7) is 2.19. The maximum Gasteiger partial charge on any atom is 0.243 e. The third kappa shape index (κ3) is 3.87. The summed E-state index contributed by atoms with van der Waals surface area (Å²) in [6.07, 6.45) is 3.40. The average molecular weight is 431 g/mol. The minimum Gasteiger partial charge on any atom is -0.264 e. The van der Waals surface area contributed by atoms with Crippen molar-refractivity contribution >= 4 is 26.0 Å². The van der Waals surface area contributed by atoms with E-state index in [1.165, 1.54) is 4.31 Å². The Morgan fingerprint density at radius 2 is 1.65 bits per heavy atom. The Morgan fingerprint density at radius 3 is 2.23 bits per heavy atom. The molecule has 0 saturated heterocycles. The lowest BCUT2D eigenvalue weighted by Crippen LogP contribution is -2.35. The Morgan fingerprint density at radius 1 is 0.962 bits per heavy atom. The molecule has 3 rings (SSSR count). The number of rotatable bonds is 6. The van der Waals surface area contributed by atoms with Gasteiger partial charge >= 0.3 is 0 Å². The highest BCUT2D eigenvalue weighted by molar-refractivity contribution is 9.10. The number of halogens is 1. The molecule has 0 aliphatic carbocycles. The molecule has 0 fully saturated rings. The van der Waals surface area contributed by atoms with Gasteiger partial charge in [-0.3, -0.25) is 4.98 Å². The Labute approximate surface area is 162 Å². The topological polar surface area (TPSA) is 50.3 Å². The van der Waals surface area contributed by atoms with Crippen molar-refractivity contribution < 1.29 is 8.42 Å². The summed E-state index contributed by atoms with van der Waals surface area (Å²) < 4.78 is 29.1. The van der Waals surface area contributed by atoms with E-state index in [-0.39, 0.29) is 4.90 Å². The minimum atomic E-state index is -3.66. The molecule has 0 amide bonds. The van der Waals surface area contributed by atoms with Gasteiger partial charge in [-0.2, -0.15) is 4.31 Å². The van der Waals surface area contributed by atoms with E-state index >= 15 is 0 Å². The van der Waals surface area contributed by atoms with E-state index in [9.17, 15) is 8.42 Å². The Hall–Kier alpha value is -2.02. The minimum absolute atomic E-state index is 0.285. The standard InChI is InChI=1S/C20H19BrN2O2S/c1-2-23(26(24,25)19-8-4-3-5-9-19)20(17-7-6-14-22-15-17)16-10-12-18(21)13-11-16/h3-15,20H,2H2,1H3/t20-/m0/s1. The van der Waals surface area contributed by atoms with Crippen LogP contribution in [-0.2, 0) is 10.0 Å². The highest BCUT2D eigenvalue weighted by Crippen LogP contribution is 2.33. The van der Waals surface area contributed by atoms with Gasteiger partial charge in [-0.05, 0) is 41.5 Å². The zero-order valence-corrected chi connectivity index (χ0v) is 16.7. The molecule has 0 unspecified atom stereocenters. The van der Waals surface area contributed by atoms with Gasteiger partial charge in [0.15, 0.2) is 0 Å². The van der Waals surface area contributed by atoms with Crippen LogP contribution in [0.25, 0.3) is 0 Å². The number of hydrogen-bond donors (Lipinski definition) is 0. The first kappa shape index (κ1) is 18.8. The summed E-state index contributed by atoms with van der Waals surface area (Å²) in [5.74, 6) is 0. The largest absolute Gasteiger partial charge is 0.264 e. The summed E-state index contributed by atoms with van der Waals surface area (Å²) in [7, 11) is -3.66. The van der Waals surface area contributed by atoms with Crippen LogP contribution in [0, 0.1) is 0 Å². The highest BCUT2D eigenvalue weighted by Gasteiger charge is 2.32. The van der Waals surface area contributed by atoms with Gasteiger partial charge in [0.05, 0.1) is 10.9 Å².